The molecule has 264 valence electrons. The van der Waals surface area contributed by atoms with Gasteiger partial charge in [0.1, 0.15) is 12.3 Å². The number of hydrogen-bond donors (Lipinski definition) is 4. The number of methoxy groups -OCH3 is 1. The number of ether oxygens (including phenoxy) is 1. The summed E-state index contributed by atoms with van der Waals surface area (Å²) in [5.41, 5.74) is 8.98. The van der Waals surface area contributed by atoms with E-state index in [1.807, 2.05) is 6.07 Å². The number of benzene rings is 2. The van der Waals surface area contributed by atoms with E-state index in [9.17, 15) is 33.6 Å². The zero-order valence-electron chi connectivity index (χ0n) is 28.4. The van der Waals surface area contributed by atoms with Gasteiger partial charge in [0, 0.05) is 50.5 Å². The second kappa shape index (κ2) is 18.9. The Morgan fingerprint density at radius 3 is 1.68 bits per heavy atom. The maximum absolute atomic E-state index is 12.4. The molecule has 0 spiro atoms. The van der Waals surface area contributed by atoms with Gasteiger partial charge in [-0.1, -0.05) is 42.5 Å². The lowest BCUT2D eigenvalue weighted by Gasteiger charge is -2.11. The molecule has 0 saturated heterocycles. The third-order valence-electron chi connectivity index (χ3n) is 7.23. The lowest BCUT2D eigenvalue weighted by molar-refractivity contribution is -0.138. The summed E-state index contributed by atoms with van der Waals surface area (Å²) in [6.45, 7) is 2.54. The topological polar surface area (TPSA) is 217 Å². The van der Waals surface area contributed by atoms with Crippen molar-refractivity contribution in [3.63, 3.8) is 0 Å². The molecule has 50 heavy (non-hydrogen) atoms. The van der Waals surface area contributed by atoms with Crippen molar-refractivity contribution in [1.29, 1.82) is 0 Å². The number of Topliss-reactive ketones (excluding diaryl/α,β-unsaturated/α-hetero) is 2. The minimum Gasteiger partial charge on any atom is -0.496 e. The Morgan fingerprint density at radius 1 is 0.700 bits per heavy atom. The summed E-state index contributed by atoms with van der Waals surface area (Å²) >= 11 is 0. The van der Waals surface area contributed by atoms with Crippen LogP contribution in [0.2, 0.25) is 0 Å². The van der Waals surface area contributed by atoms with Crippen molar-refractivity contribution < 1.29 is 48.5 Å². The molecule has 2 aromatic carbocycles. The van der Waals surface area contributed by atoms with Gasteiger partial charge in [-0.15, -0.1) is 0 Å². The maximum Gasteiger partial charge on any atom is 0.322 e. The van der Waals surface area contributed by atoms with Gasteiger partial charge in [-0.2, -0.15) is 0 Å². The van der Waals surface area contributed by atoms with Gasteiger partial charge < -0.3 is 35.1 Å². The number of ketones is 3. The van der Waals surface area contributed by atoms with Gasteiger partial charge in [-0.3, -0.25) is 33.6 Å². The number of carboxylic acid groups (broad SMARTS) is 2. The number of aliphatic carboxylic acids is 2. The van der Waals surface area contributed by atoms with Crippen molar-refractivity contribution in [3.05, 3.63) is 112 Å². The van der Waals surface area contributed by atoms with Crippen molar-refractivity contribution in [2.45, 2.75) is 33.1 Å². The monoisotopic (exact) mass is 688 g/mol. The highest BCUT2D eigenvalue weighted by atomic mass is 16.5. The molecule has 0 radical (unpaired) electrons. The highest BCUT2D eigenvalue weighted by Crippen LogP contribution is 2.26. The van der Waals surface area contributed by atoms with Gasteiger partial charge in [0.25, 0.3) is 0 Å². The number of para-hydroxylation sites is 1. The third-order valence-corrected chi connectivity index (χ3v) is 7.23. The van der Waals surface area contributed by atoms with Gasteiger partial charge >= 0.3 is 11.9 Å². The molecule has 0 aliphatic rings. The van der Waals surface area contributed by atoms with Crippen molar-refractivity contribution in [1.82, 2.24) is 14.5 Å². The summed E-state index contributed by atoms with van der Waals surface area (Å²) in [6.07, 6.45) is 0.0416. The molecule has 0 unspecified atom stereocenters. The SMILES string of the molecule is CC(=O)c1ccc(CC(=O)NCC(=O)O)n1C.CC(=O)c1ccc(CC(N)=O)n1C.COc1c(CC(=O)O)cccc1C(=O)c1ccccc1. The largest absolute Gasteiger partial charge is 0.496 e. The van der Waals surface area contributed by atoms with E-state index in [2.05, 4.69) is 5.32 Å². The standard InChI is InChI=1S/C16H14O4.C11H14N2O4.C9H12N2O2/c1-20-16-12(10-14(17)18)8-5-9-13(16)15(19)11-6-3-2-4-7-11;1-7(14)9-4-3-8(13(9)2)5-10(15)12-6-11(16)17;1-6(12)8-4-3-7(11(8)2)5-9(10)13/h2-9H,10H2,1H3,(H,17,18);3-4H,5-6H2,1-2H3,(H,12,15)(H,16,17);3-4H,5H2,1-2H3,(H2,10,13). The summed E-state index contributed by atoms with van der Waals surface area (Å²) in [5, 5.41) is 19.5. The number of nitrogens with zero attached hydrogens (tertiary/aromatic N) is 2. The van der Waals surface area contributed by atoms with Crippen LogP contribution in [0.25, 0.3) is 0 Å². The number of amides is 2. The summed E-state index contributed by atoms with van der Waals surface area (Å²) in [6, 6.07) is 20.5. The van der Waals surface area contributed by atoms with E-state index in [0.29, 0.717) is 39.5 Å². The molecule has 0 aliphatic heterocycles. The number of nitrogens with two attached hydrogens (primary N) is 1. The molecule has 0 aliphatic carbocycles. The lowest BCUT2D eigenvalue weighted by Crippen LogP contribution is -2.31. The summed E-state index contributed by atoms with van der Waals surface area (Å²) in [5.74, 6) is -2.79. The van der Waals surface area contributed by atoms with Crippen molar-refractivity contribution in [3.8, 4) is 5.75 Å². The van der Waals surface area contributed by atoms with E-state index in [4.69, 9.17) is 20.7 Å². The molecule has 14 nitrogen and oxygen atoms in total. The number of nitrogens with one attached hydrogen (secondary N) is 1. The lowest BCUT2D eigenvalue weighted by atomic mass is 9.98. The van der Waals surface area contributed by atoms with E-state index in [1.165, 1.54) is 21.0 Å². The molecule has 0 atom stereocenters. The molecule has 2 heterocycles. The molecule has 4 rings (SSSR count). The van der Waals surface area contributed by atoms with Crippen LogP contribution in [-0.4, -0.2) is 74.1 Å². The van der Waals surface area contributed by atoms with Crippen LogP contribution in [0.15, 0.2) is 72.8 Å². The molecule has 2 aromatic heterocycles. The fourth-order valence-corrected chi connectivity index (χ4v) is 4.80. The number of hydrogen-bond acceptors (Lipinski definition) is 8. The molecule has 0 saturated carbocycles. The molecular weight excluding hydrogens is 648 g/mol. The highest BCUT2D eigenvalue weighted by molar-refractivity contribution is 6.11. The summed E-state index contributed by atoms with van der Waals surface area (Å²) < 4.78 is 8.55. The van der Waals surface area contributed by atoms with E-state index < -0.39 is 24.4 Å². The first-order valence-electron chi connectivity index (χ1n) is 15.1. The fraction of sp³-hybridized carbons (Fsp3) is 0.250. The second-order valence-electron chi connectivity index (χ2n) is 10.9. The number of rotatable bonds is 13. The van der Waals surface area contributed by atoms with Crippen LogP contribution < -0.4 is 15.8 Å². The first-order valence-corrected chi connectivity index (χ1v) is 15.1. The van der Waals surface area contributed by atoms with Gasteiger partial charge in [-0.05, 0) is 30.3 Å². The first-order chi connectivity index (χ1) is 23.6. The molecule has 2 amide bonds. The minimum atomic E-state index is -1.09. The Hall–Kier alpha value is -6.31. The molecular formula is C36H40N4O10. The van der Waals surface area contributed by atoms with Crippen molar-refractivity contribution >= 4 is 41.1 Å². The van der Waals surface area contributed by atoms with Crippen LogP contribution in [0, 0.1) is 0 Å². The molecule has 14 heteroatoms. The highest BCUT2D eigenvalue weighted by Gasteiger charge is 2.18. The predicted molar refractivity (Wildman–Crippen MR) is 182 cm³/mol. The first kappa shape index (κ1) is 39.9. The Labute approximate surface area is 288 Å². The summed E-state index contributed by atoms with van der Waals surface area (Å²) in [7, 11) is 4.87. The number of carbonyl (C=O) groups is 7. The maximum atomic E-state index is 12.4. The van der Waals surface area contributed by atoms with E-state index in [1.54, 1.807) is 90.0 Å². The van der Waals surface area contributed by atoms with Gasteiger partial charge in [0.05, 0.1) is 43.3 Å². The van der Waals surface area contributed by atoms with Gasteiger partial charge in [-0.25, -0.2) is 0 Å². The number of primary amides is 1. The van der Waals surface area contributed by atoms with E-state index in [0.717, 1.165) is 5.69 Å². The smallest absolute Gasteiger partial charge is 0.322 e. The summed E-state index contributed by atoms with van der Waals surface area (Å²) in [4.78, 5) is 77.7. The predicted octanol–water partition coefficient (Wildman–Crippen LogP) is 2.78. The van der Waals surface area contributed by atoms with Gasteiger partial charge in [0.2, 0.25) is 11.8 Å². The van der Waals surface area contributed by atoms with Crippen molar-refractivity contribution in [2.75, 3.05) is 13.7 Å². The molecule has 0 bridgehead atoms. The van der Waals surface area contributed by atoms with Crippen molar-refractivity contribution in [2.24, 2.45) is 19.8 Å². The molecule has 5 N–H and O–H groups in total. The van der Waals surface area contributed by atoms with Gasteiger partial charge in [0.15, 0.2) is 17.3 Å². The van der Waals surface area contributed by atoms with E-state index >= 15 is 0 Å². The van der Waals surface area contributed by atoms with Crippen LogP contribution in [0.1, 0.15) is 67.7 Å². The quantitative estimate of drug-likeness (QED) is 0.151. The van der Waals surface area contributed by atoms with Crippen LogP contribution >= 0.6 is 0 Å². The number of carboxylic acids is 2. The van der Waals surface area contributed by atoms with Crippen LogP contribution in [0.4, 0.5) is 0 Å². The minimum absolute atomic E-state index is 0.0155. The third kappa shape index (κ3) is 11.7. The Bertz CT molecular complexity index is 1870. The Kier molecular flexibility index (Phi) is 15.1. The fourth-order valence-electron chi connectivity index (χ4n) is 4.80. The van der Waals surface area contributed by atoms with Crippen LogP contribution in [-0.2, 0) is 52.5 Å². The average molecular weight is 689 g/mol. The Morgan fingerprint density at radius 2 is 1.24 bits per heavy atom. The molecule has 0 fully saturated rings. The number of carbonyl (C=O) groups excluding carboxylic acids is 5. The molecule has 4 aromatic rings. The Balaban J connectivity index is 0.000000266. The van der Waals surface area contributed by atoms with E-state index in [-0.39, 0.29) is 42.5 Å². The second-order valence-corrected chi connectivity index (χ2v) is 10.9. The van der Waals surface area contributed by atoms with Crippen LogP contribution in [0.3, 0.4) is 0 Å². The zero-order valence-corrected chi connectivity index (χ0v) is 28.4. The number of aromatic nitrogens is 2. The zero-order chi connectivity index (χ0) is 37.5. The normalized spacial score (nSPS) is 10.0. The van der Waals surface area contributed by atoms with Crippen LogP contribution in [0.5, 0.6) is 5.75 Å². The average Bonchev–Trinajstić information content (AvgIpc) is 3.61.